The molecular weight excluding hydrogens is 359 g/mol. The van der Waals surface area contributed by atoms with Gasteiger partial charge in [-0.15, -0.1) is 0 Å². The zero-order valence-electron chi connectivity index (χ0n) is 15.4. The first kappa shape index (κ1) is 18.2. The first-order valence-electron chi connectivity index (χ1n) is 9.34. The van der Waals surface area contributed by atoms with Crippen LogP contribution < -0.4 is 4.90 Å². The van der Waals surface area contributed by atoms with Gasteiger partial charge in [0, 0.05) is 51.4 Å². The largest absolute Gasteiger partial charge is 0.461 e. The van der Waals surface area contributed by atoms with Crippen LogP contribution in [0, 0.1) is 5.82 Å². The average Bonchev–Trinajstić information content (AvgIpc) is 3.22. The van der Waals surface area contributed by atoms with E-state index in [0.29, 0.717) is 62.1 Å². The first-order chi connectivity index (χ1) is 13.7. The van der Waals surface area contributed by atoms with Crippen molar-refractivity contribution in [3.63, 3.8) is 0 Å². The summed E-state index contributed by atoms with van der Waals surface area (Å²) in [6.07, 6.45) is 4.30. The Morgan fingerprint density at radius 1 is 1.00 bits per heavy atom. The molecule has 0 N–H and O–H groups in total. The van der Waals surface area contributed by atoms with Crippen molar-refractivity contribution >= 4 is 11.9 Å². The number of carbonyl (C=O) groups excluding carboxylic acids is 1. The fraction of sp³-hybridized carbons (Fsp3) is 0.286. The zero-order valence-corrected chi connectivity index (χ0v) is 15.4. The molecule has 144 valence electrons. The topological polar surface area (TPSA) is 62.5 Å². The molecule has 1 saturated heterocycles. The predicted octanol–water partition coefficient (Wildman–Crippen LogP) is 3.16. The molecule has 0 bridgehead atoms. The Morgan fingerprint density at radius 2 is 1.75 bits per heavy atom. The number of benzene rings is 1. The van der Waals surface area contributed by atoms with Gasteiger partial charge in [0.25, 0.3) is 0 Å². The Hall–Kier alpha value is -3.22. The van der Waals surface area contributed by atoms with E-state index in [0.717, 1.165) is 0 Å². The van der Waals surface area contributed by atoms with Crippen molar-refractivity contribution in [2.45, 2.75) is 12.8 Å². The predicted molar refractivity (Wildman–Crippen MR) is 103 cm³/mol. The van der Waals surface area contributed by atoms with Gasteiger partial charge in [-0.25, -0.2) is 14.4 Å². The van der Waals surface area contributed by atoms with Gasteiger partial charge in [-0.1, -0.05) is 12.1 Å². The Kier molecular flexibility index (Phi) is 5.32. The van der Waals surface area contributed by atoms with Gasteiger partial charge in [-0.2, -0.15) is 0 Å². The molecule has 3 aromatic rings. The summed E-state index contributed by atoms with van der Waals surface area (Å²) in [5.41, 5.74) is 0.430. The van der Waals surface area contributed by atoms with Gasteiger partial charge in [-0.3, -0.25) is 4.79 Å². The van der Waals surface area contributed by atoms with E-state index >= 15 is 0 Å². The van der Waals surface area contributed by atoms with Crippen LogP contribution in [-0.4, -0.2) is 47.0 Å². The Labute approximate surface area is 162 Å². The SMILES string of the molecule is O=C(CCc1ccc(-c2ccccc2F)o1)N1CCN(c2ncccn2)CC1. The Balaban J connectivity index is 1.29. The van der Waals surface area contributed by atoms with Crippen molar-refractivity contribution in [2.24, 2.45) is 0 Å². The monoisotopic (exact) mass is 380 g/mol. The molecule has 1 fully saturated rings. The minimum atomic E-state index is -0.320. The molecule has 4 rings (SSSR count). The second-order valence-electron chi connectivity index (χ2n) is 6.66. The van der Waals surface area contributed by atoms with E-state index in [1.54, 1.807) is 48.8 Å². The van der Waals surface area contributed by atoms with Crippen LogP contribution in [0.15, 0.2) is 59.3 Å². The molecule has 1 aromatic carbocycles. The molecule has 1 aliphatic rings. The van der Waals surface area contributed by atoms with Gasteiger partial charge >= 0.3 is 0 Å². The van der Waals surface area contributed by atoms with Crippen molar-refractivity contribution < 1.29 is 13.6 Å². The van der Waals surface area contributed by atoms with E-state index < -0.39 is 0 Å². The molecule has 2 aromatic heterocycles. The van der Waals surface area contributed by atoms with Gasteiger partial charge in [-0.05, 0) is 30.3 Å². The van der Waals surface area contributed by atoms with Crippen LogP contribution in [0.4, 0.5) is 10.3 Å². The zero-order chi connectivity index (χ0) is 19.3. The minimum Gasteiger partial charge on any atom is -0.461 e. The van der Waals surface area contributed by atoms with Crippen molar-refractivity contribution in [2.75, 3.05) is 31.1 Å². The number of halogens is 1. The highest BCUT2D eigenvalue weighted by molar-refractivity contribution is 5.76. The van der Waals surface area contributed by atoms with E-state index in [1.165, 1.54) is 6.07 Å². The molecular formula is C21H21FN4O2. The normalized spacial score (nSPS) is 14.3. The van der Waals surface area contributed by atoms with E-state index in [4.69, 9.17) is 4.42 Å². The van der Waals surface area contributed by atoms with Crippen LogP contribution in [0.5, 0.6) is 0 Å². The number of hydrogen-bond donors (Lipinski definition) is 0. The van der Waals surface area contributed by atoms with Gasteiger partial charge in [0.2, 0.25) is 11.9 Å². The first-order valence-corrected chi connectivity index (χ1v) is 9.34. The third kappa shape index (κ3) is 4.03. The minimum absolute atomic E-state index is 0.0949. The van der Waals surface area contributed by atoms with Crippen molar-refractivity contribution in [3.05, 3.63) is 66.4 Å². The maximum Gasteiger partial charge on any atom is 0.225 e. The lowest BCUT2D eigenvalue weighted by Gasteiger charge is -2.34. The highest BCUT2D eigenvalue weighted by atomic mass is 19.1. The number of anilines is 1. The van der Waals surface area contributed by atoms with Gasteiger partial charge < -0.3 is 14.2 Å². The molecule has 28 heavy (non-hydrogen) atoms. The summed E-state index contributed by atoms with van der Waals surface area (Å²) in [5.74, 6) is 1.64. The number of aryl methyl sites for hydroxylation is 1. The molecule has 7 heteroatoms. The van der Waals surface area contributed by atoms with Crippen LogP contribution in [0.3, 0.4) is 0 Å². The van der Waals surface area contributed by atoms with Crippen LogP contribution >= 0.6 is 0 Å². The quantitative estimate of drug-likeness (QED) is 0.680. The second-order valence-corrected chi connectivity index (χ2v) is 6.66. The lowest BCUT2D eigenvalue weighted by Crippen LogP contribution is -2.49. The fourth-order valence-electron chi connectivity index (χ4n) is 3.32. The molecule has 0 saturated carbocycles. The van der Waals surface area contributed by atoms with Gasteiger partial charge in [0.15, 0.2) is 0 Å². The number of piperazine rings is 1. The number of rotatable bonds is 5. The van der Waals surface area contributed by atoms with Crippen molar-refractivity contribution in [3.8, 4) is 11.3 Å². The second kappa shape index (κ2) is 8.21. The molecule has 0 atom stereocenters. The summed E-state index contributed by atoms with van der Waals surface area (Å²) in [4.78, 5) is 25.0. The maximum atomic E-state index is 13.9. The van der Waals surface area contributed by atoms with Gasteiger partial charge in [0.1, 0.15) is 17.3 Å². The van der Waals surface area contributed by atoms with Crippen molar-refractivity contribution in [1.82, 2.24) is 14.9 Å². The average molecular weight is 380 g/mol. The number of carbonyl (C=O) groups is 1. The third-order valence-corrected chi connectivity index (χ3v) is 4.85. The molecule has 0 unspecified atom stereocenters. The molecule has 6 nitrogen and oxygen atoms in total. The standard InChI is InChI=1S/C21H21FN4O2/c22-18-5-2-1-4-17(18)19-8-6-16(28-19)7-9-20(27)25-12-14-26(15-13-25)21-23-10-3-11-24-21/h1-6,8,10-11H,7,9,12-15H2. The lowest BCUT2D eigenvalue weighted by atomic mass is 10.1. The molecule has 0 aliphatic carbocycles. The number of hydrogen-bond acceptors (Lipinski definition) is 5. The van der Waals surface area contributed by atoms with E-state index in [9.17, 15) is 9.18 Å². The number of aromatic nitrogens is 2. The van der Waals surface area contributed by atoms with Crippen LogP contribution in [0.2, 0.25) is 0 Å². The summed E-state index contributed by atoms with van der Waals surface area (Å²) in [6, 6.07) is 11.8. The smallest absolute Gasteiger partial charge is 0.225 e. The highest BCUT2D eigenvalue weighted by Gasteiger charge is 2.22. The highest BCUT2D eigenvalue weighted by Crippen LogP contribution is 2.25. The fourth-order valence-corrected chi connectivity index (χ4v) is 3.32. The summed E-state index contributed by atoms with van der Waals surface area (Å²) in [5, 5.41) is 0. The van der Waals surface area contributed by atoms with Crippen LogP contribution in [0.25, 0.3) is 11.3 Å². The van der Waals surface area contributed by atoms with Crippen LogP contribution in [0.1, 0.15) is 12.2 Å². The number of amides is 1. The molecule has 3 heterocycles. The van der Waals surface area contributed by atoms with Crippen LogP contribution in [-0.2, 0) is 11.2 Å². The van der Waals surface area contributed by atoms with E-state index in [2.05, 4.69) is 14.9 Å². The van der Waals surface area contributed by atoms with Crippen molar-refractivity contribution in [1.29, 1.82) is 0 Å². The Morgan fingerprint density at radius 3 is 2.50 bits per heavy atom. The lowest BCUT2D eigenvalue weighted by molar-refractivity contribution is -0.131. The summed E-state index contributed by atoms with van der Waals surface area (Å²) in [7, 11) is 0. The number of nitrogens with zero attached hydrogens (tertiary/aromatic N) is 4. The maximum absolute atomic E-state index is 13.9. The molecule has 1 aliphatic heterocycles. The third-order valence-electron chi connectivity index (χ3n) is 4.85. The molecule has 0 radical (unpaired) electrons. The van der Waals surface area contributed by atoms with E-state index in [-0.39, 0.29) is 11.7 Å². The Bertz CT molecular complexity index is 936. The molecule has 1 amide bonds. The van der Waals surface area contributed by atoms with Gasteiger partial charge in [0.05, 0.1) is 5.56 Å². The summed E-state index contributed by atoms with van der Waals surface area (Å²) < 4.78 is 19.6. The molecule has 0 spiro atoms. The summed E-state index contributed by atoms with van der Waals surface area (Å²) >= 11 is 0. The summed E-state index contributed by atoms with van der Waals surface area (Å²) in [6.45, 7) is 2.73. The van der Waals surface area contributed by atoms with E-state index in [1.807, 2.05) is 4.90 Å². The number of furan rings is 1.